The third-order valence-electron chi connectivity index (χ3n) is 2.59. The number of hydrogen-bond acceptors (Lipinski definition) is 5. The first-order valence-corrected chi connectivity index (χ1v) is 8.29. The molecular formula is C12H23N3O3S. The number of aromatic nitrogens is 1. The van der Waals surface area contributed by atoms with Crippen molar-refractivity contribution in [2.75, 3.05) is 18.8 Å². The van der Waals surface area contributed by atoms with Gasteiger partial charge in [-0.3, -0.25) is 0 Å². The minimum absolute atomic E-state index is 0.147. The van der Waals surface area contributed by atoms with Gasteiger partial charge in [0.25, 0.3) is 0 Å². The molecule has 0 saturated heterocycles. The summed E-state index contributed by atoms with van der Waals surface area (Å²) in [5.74, 6) is 0.680. The molecule has 0 aromatic carbocycles. The lowest BCUT2D eigenvalue weighted by Crippen LogP contribution is -2.26. The van der Waals surface area contributed by atoms with Crippen molar-refractivity contribution in [2.24, 2.45) is 0 Å². The van der Waals surface area contributed by atoms with Gasteiger partial charge in [0.05, 0.1) is 18.0 Å². The van der Waals surface area contributed by atoms with E-state index in [2.05, 4.69) is 22.1 Å². The Labute approximate surface area is 115 Å². The smallest absolute Gasteiger partial charge is 0.212 e. The van der Waals surface area contributed by atoms with E-state index in [-0.39, 0.29) is 12.3 Å². The van der Waals surface area contributed by atoms with Crippen LogP contribution in [0.3, 0.4) is 0 Å². The van der Waals surface area contributed by atoms with Crippen LogP contribution in [0.4, 0.5) is 0 Å². The van der Waals surface area contributed by atoms with Crippen LogP contribution in [0.25, 0.3) is 0 Å². The van der Waals surface area contributed by atoms with Gasteiger partial charge >= 0.3 is 0 Å². The molecule has 0 atom stereocenters. The number of nitrogens with zero attached hydrogens (tertiary/aromatic N) is 1. The van der Waals surface area contributed by atoms with Crippen LogP contribution < -0.4 is 10.0 Å². The van der Waals surface area contributed by atoms with Crippen molar-refractivity contribution in [3.05, 3.63) is 17.5 Å². The first-order chi connectivity index (χ1) is 9.03. The highest BCUT2D eigenvalue weighted by Crippen LogP contribution is 2.03. The summed E-state index contributed by atoms with van der Waals surface area (Å²) in [7, 11) is -3.23. The average Bonchev–Trinajstić information content (AvgIpc) is 2.77. The Bertz CT molecular complexity index is 457. The molecule has 7 heteroatoms. The summed E-state index contributed by atoms with van der Waals surface area (Å²) in [5.41, 5.74) is 0.746. The summed E-state index contributed by atoms with van der Waals surface area (Å²) in [4.78, 5) is 0. The van der Waals surface area contributed by atoms with E-state index < -0.39 is 10.0 Å². The molecule has 0 aliphatic carbocycles. The van der Waals surface area contributed by atoms with Crippen LogP contribution in [0.5, 0.6) is 0 Å². The van der Waals surface area contributed by atoms with Gasteiger partial charge in [0.2, 0.25) is 10.0 Å². The highest BCUT2D eigenvalue weighted by molar-refractivity contribution is 7.89. The minimum Gasteiger partial charge on any atom is -0.360 e. The van der Waals surface area contributed by atoms with E-state index in [0.29, 0.717) is 12.2 Å². The second-order valence-electron chi connectivity index (χ2n) is 4.53. The van der Waals surface area contributed by atoms with E-state index in [9.17, 15) is 8.42 Å². The van der Waals surface area contributed by atoms with Gasteiger partial charge in [-0.05, 0) is 39.3 Å². The van der Waals surface area contributed by atoms with Crippen LogP contribution in [-0.2, 0) is 16.6 Å². The largest absolute Gasteiger partial charge is 0.360 e. The fourth-order valence-electron chi connectivity index (χ4n) is 1.60. The Morgan fingerprint density at radius 3 is 2.74 bits per heavy atom. The lowest BCUT2D eigenvalue weighted by Gasteiger charge is -2.05. The van der Waals surface area contributed by atoms with E-state index in [1.165, 1.54) is 0 Å². The normalized spacial score (nSPS) is 11.9. The van der Waals surface area contributed by atoms with E-state index >= 15 is 0 Å². The van der Waals surface area contributed by atoms with E-state index in [0.717, 1.165) is 31.6 Å². The summed E-state index contributed by atoms with van der Waals surface area (Å²) in [6, 6.07) is 1.72. The Morgan fingerprint density at radius 2 is 2.11 bits per heavy atom. The van der Waals surface area contributed by atoms with Crippen molar-refractivity contribution in [3.8, 4) is 0 Å². The molecule has 0 aliphatic rings. The number of nitrogens with one attached hydrogen (secondary N) is 2. The molecule has 1 rings (SSSR count). The zero-order chi connectivity index (χ0) is 14.1. The summed E-state index contributed by atoms with van der Waals surface area (Å²) in [5, 5.41) is 6.95. The van der Waals surface area contributed by atoms with Gasteiger partial charge in [0.15, 0.2) is 5.76 Å². The van der Waals surface area contributed by atoms with Crippen LogP contribution in [0.1, 0.15) is 37.6 Å². The molecule has 0 radical (unpaired) electrons. The summed E-state index contributed by atoms with van der Waals surface area (Å²) >= 11 is 0. The van der Waals surface area contributed by atoms with Gasteiger partial charge < -0.3 is 9.84 Å². The first-order valence-electron chi connectivity index (χ1n) is 6.64. The molecule has 1 aromatic heterocycles. The van der Waals surface area contributed by atoms with E-state index in [1.807, 2.05) is 0 Å². The minimum atomic E-state index is -3.23. The Balaban J connectivity index is 2.17. The molecule has 0 aliphatic heterocycles. The lowest BCUT2D eigenvalue weighted by atomic mass is 10.3. The number of unbranched alkanes of at least 4 members (excludes halogenated alkanes) is 1. The fourth-order valence-corrected chi connectivity index (χ4v) is 2.69. The number of aryl methyl sites for hydroxylation is 1. The predicted octanol–water partition coefficient (Wildman–Crippen LogP) is 1.18. The predicted molar refractivity (Wildman–Crippen MR) is 74.3 cm³/mol. The van der Waals surface area contributed by atoms with Gasteiger partial charge in [0.1, 0.15) is 0 Å². The van der Waals surface area contributed by atoms with Crippen LogP contribution in [0.15, 0.2) is 10.6 Å². The monoisotopic (exact) mass is 289 g/mol. The molecule has 0 fully saturated rings. The average molecular weight is 289 g/mol. The number of sulfonamides is 1. The number of rotatable bonds is 10. The molecule has 2 N–H and O–H groups in total. The summed E-state index contributed by atoms with van der Waals surface area (Å²) in [6.45, 7) is 5.91. The highest BCUT2D eigenvalue weighted by atomic mass is 32.2. The van der Waals surface area contributed by atoms with Gasteiger partial charge in [0, 0.05) is 6.07 Å². The Kier molecular flexibility index (Phi) is 7.04. The standard InChI is InChI=1S/C12H23N3O3S/c1-3-6-13-7-4-5-8-19(16,17)14-10-12-9-11(2)15-18-12/h9,13-14H,3-8,10H2,1-2H3. The SMILES string of the molecule is CCCNCCCCS(=O)(=O)NCc1cc(C)no1. The Hall–Kier alpha value is -0.920. The molecule has 0 amide bonds. The Morgan fingerprint density at radius 1 is 1.32 bits per heavy atom. The van der Waals surface area contributed by atoms with Crippen molar-refractivity contribution >= 4 is 10.0 Å². The van der Waals surface area contributed by atoms with Crippen molar-refractivity contribution in [1.29, 1.82) is 0 Å². The van der Waals surface area contributed by atoms with E-state index in [4.69, 9.17) is 4.52 Å². The fraction of sp³-hybridized carbons (Fsp3) is 0.750. The molecule has 0 spiro atoms. The lowest BCUT2D eigenvalue weighted by molar-refractivity contribution is 0.377. The molecule has 1 aromatic rings. The van der Waals surface area contributed by atoms with Crippen LogP contribution in [-0.4, -0.2) is 32.4 Å². The molecule has 0 saturated carbocycles. The van der Waals surface area contributed by atoms with E-state index in [1.54, 1.807) is 13.0 Å². The second kappa shape index (κ2) is 8.29. The maximum Gasteiger partial charge on any atom is 0.212 e. The van der Waals surface area contributed by atoms with Crippen LogP contribution in [0, 0.1) is 6.92 Å². The molecular weight excluding hydrogens is 266 g/mol. The number of hydrogen-bond donors (Lipinski definition) is 2. The highest BCUT2D eigenvalue weighted by Gasteiger charge is 2.11. The van der Waals surface area contributed by atoms with Crippen LogP contribution >= 0.6 is 0 Å². The zero-order valence-corrected chi connectivity index (χ0v) is 12.4. The van der Waals surface area contributed by atoms with Gasteiger partial charge in [-0.25, -0.2) is 13.1 Å². The van der Waals surface area contributed by atoms with Gasteiger partial charge in [-0.2, -0.15) is 0 Å². The topological polar surface area (TPSA) is 84.2 Å². The summed E-state index contributed by atoms with van der Waals surface area (Å²) < 4.78 is 30.9. The maximum atomic E-state index is 11.7. The van der Waals surface area contributed by atoms with Crippen molar-refractivity contribution < 1.29 is 12.9 Å². The molecule has 6 nitrogen and oxygen atoms in total. The molecule has 1 heterocycles. The molecule has 0 unspecified atom stereocenters. The van der Waals surface area contributed by atoms with Gasteiger partial charge in [-0.1, -0.05) is 12.1 Å². The van der Waals surface area contributed by atoms with Gasteiger partial charge in [-0.15, -0.1) is 0 Å². The van der Waals surface area contributed by atoms with Crippen molar-refractivity contribution in [2.45, 2.75) is 39.7 Å². The molecule has 110 valence electrons. The van der Waals surface area contributed by atoms with Crippen molar-refractivity contribution in [3.63, 3.8) is 0 Å². The molecule has 0 bridgehead atoms. The maximum absolute atomic E-state index is 11.7. The van der Waals surface area contributed by atoms with Crippen LogP contribution in [0.2, 0.25) is 0 Å². The summed E-state index contributed by atoms with van der Waals surface area (Å²) in [6.07, 6.45) is 2.61. The third-order valence-corrected chi connectivity index (χ3v) is 4.00. The second-order valence-corrected chi connectivity index (χ2v) is 6.46. The van der Waals surface area contributed by atoms with Crippen molar-refractivity contribution in [1.82, 2.24) is 15.2 Å². The third kappa shape index (κ3) is 7.29. The zero-order valence-electron chi connectivity index (χ0n) is 11.6. The molecule has 19 heavy (non-hydrogen) atoms. The quantitative estimate of drug-likeness (QED) is 0.632. The first kappa shape index (κ1) is 16.1.